The highest BCUT2D eigenvalue weighted by atomic mass is 35.5. The first kappa shape index (κ1) is 22.9. The molecule has 1 aromatic carbocycles. The van der Waals surface area contributed by atoms with Crippen LogP contribution in [0.2, 0.25) is 5.15 Å². The fourth-order valence-electron chi connectivity index (χ4n) is 4.48. The highest BCUT2D eigenvalue weighted by molar-refractivity contribution is 6.32. The van der Waals surface area contributed by atoms with Gasteiger partial charge in [0.05, 0.1) is 5.69 Å². The summed E-state index contributed by atoms with van der Waals surface area (Å²) in [4.78, 5) is 31.1. The second-order valence-electron chi connectivity index (χ2n) is 8.73. The number of fused-ring (bicyclic) bond motifs is 1. The zero-order chi connectivity index (χ0) is 24.7. The molecule has 1 fully saturated rings. The molecule has 4 heterocycles. The summed E-state index contributed by atoms with van der Waals surface area (Å²) in [5.74, 6) is -0.231. The predicted octanol–water partition coefficient (Wildman–Crippen LogP) is 3.51. The molecule has 1 atom stereocenters. The Morgan fingerprint density at radius 2 is 2.00 bits per heavy atom. The van der Waals surface area contributed by atoms with E-state index in [0.717, 1.165) is 22.4 Å². The normalized spacial score (nSPS) is 14.4. The number of aromatic nitrogens is 4. The summed E-state index contributed by atoms with van der Waals surface area (Å²) in [5, 5.41) is 10.6. The maximum atomic E-state index is 12.8. The van der Waals surface area contributed by atoms with Crippen LogP contribution in [0.3, 0.4) is 0 Å². The molecule has 10 heteroatoms. The van der Waals surface area contributed by atoms with Gasteiger partial charge in [0.2, 0.25) is 0 Å². The Morgan fingerprint density at radius 3 is 2.69 bits per heavy atom. The van der Waals surface area contributed by atoms with Crippen LogP contribution in [0, 0.1) is 6.92 Å². The molecular formula is C25H26ClN7O2. The standard InChI is InChI=1S/C25H26ClN7O2/c1-15(32-11-9-27-25(32)35)13-28-24(34)17-8-10-33-21(12-17)29-22(23(33)26)19-7-5-4-6-18(19)20-14-31(3)30-16(20)2/h4-8,10,12,14-15H,9,11,13H2,1-3H3,(H,27,35)(H,28,34)/t15-/m1/s1. The van der Waals surface area contributed by atoms with E-state index in [4.69, 9.17) is 16.6 Å². The van der Waals surface area contributed by atoms with Gasteiger partial charge in [-0.05, 0) is 31.5 Å². The molecule has 3 amide bonds. The second-order valence-corrected chi connectivity index (χ2v) is 9.08. The van der Waals surface area contributed by atoms with Crippen LogP contribution >= 0.6 is 11.6 Å². The molecule has 0 bridgehead atoms. The molecule has 4 aromatic rings. The molecule has 5 rings (SSSR count). The number of aryl methyl sites for hydroxylation is 2. The number of nitrogens with one attached hydrogen (secondary N) is 2. The van der Waals surface area contributed by atoms with Gasteiger partial charge in [0.25, 0.3) is 5.91 Å². The van der Waals surface area contributed by atoms with Crippen LogP contribution in [-0.4, -0.2) is 61.7 Å². The van der Waals surface area contributed by atoms with E-state index >= 15 is 0 Å². The van der Waals surface area contributed by atoms with Crippen molar-refractivity contribution in [2.45, 2.75) is 19.9 Å². The largest absolute Gasteiger partial charge is 0.350 e. The number of carbonyl (C=O) groups is 2. The van der Waals surface area contributed by atoms with Gasteiger partial charge in [0.15, 0.2) is 0 Å². The monoisotopic (exact) mass is 491 g/mol. The van der Waals surface area contributed by atoms with Crippen molar-refractivity contribution in [2.24, 2.45) is 7.05 Å². The number of urea groups is 1. The highest BCUT2D eigenvalue weighted by Gasteiger charge is 2.25. The van der Waals surface area contributed by atoms with Gasteiger partial charge in [-0.3, -0.25) is 13.9 Å². The van der Waals surface area contributed by atoms with E-state index < -0.39 is 0 Å². The van der Waals surface area contributed by atoms with E-state index in [1.54, 1.807) is 32.3 Å². The Balaban J connectivity index is 1.42. The van der Waals surface area contributed by atoms with E-state index in [2.05, 4.69) is 15.7 Å². The number of halogens is 1. The molecule has 0 saturated carbocycles. The molecule has 0 aliphatic carbocycles. The van der Waals surface area contributed by atoms with Gasteiger partial charge in [0, 0.05) is 61.8 Å². The van der Waals surface area contributed by atoms with Crippen LogP contribution in [0.1, 0.15) is 23.0 Å². The van der Waals surface area contributed by atoms with Crippen molar-refractivity contribution >= 4 is 29.2 Å². The molecule has 0 radical (unpaired) electrons. The van der Waals surface area contributed by atoms with Crippen molar-refractivity contribution in [3.05, 3.63) is 65.2 Å². The highest BCUT2D eigenvalue weighted by Crippen LogP contribution is 2.37. The van der Waals surface area contributed by atoms with Gasteiger partial charge in [-0.1, -0.05) is 35.9 Å². The third-order valence-corrected chi connectivity index (χ3v) is 6.66. The third kappa shape index (κ3) is 4.23. The topological polar surface area (TPSA) is 96.6 Å². The zero-order valence-corrected chi connectivity index (χ0v) is 20.5. The minimum atomic E-state index is -0.231. The van der Waals surface area contributed by atoms with Crippen molar-refractivity contribution < 1.29 is 9.59 Å². The first-order valence-corrected chi connectivity index (χ1v) is 11.8. The quantitative estimate of drug-likeness (QED) is 0.431. The van der Waals surface area contributed by atoms with E-state index in [-0.39, 0.29) is 18.0 Å². The van der Waals surface area contributed by atoms with Gasteiger partial charge in [-0.2, -0.15) is 5.10 Å². The molecule has 2 N–H and O–H groups in total. The summed E-state index contributed by atoms with van der Waals surface area (Å²) >= 11 is 6.75. The average Bonchev–Trinajstić information content (AvgIpc) is 3.53. The Hall–Kier alpha value is -3.85. The van der Waals surface area contributed by atoms with Crippen molar-refractivity contribution in [3.63, 3.8) is 0 Å². The number of carbonyl (C=O) groups excluding carboxylic acids is 2. The molecule has 35 heavy (non-hydrogen) atoms. The average molecular weight is 492 g/mol. The number of nitrogens with zero attached hydrogens (tertiary/aromatic N) is 5. The third-order valence-electron chi connectivity index (χ3n) is 6.30. The number of hydrogen-bond acceptors (Lipinski definition) is 4. The summed E-state index contributed by atoms with van der Waals surface area (Å²) < 4.78 is 3.55. The van der Waals surface area contributed by atoms with Gasteiger partial charge < -0.3 is 15.5 Å². The number of imidazole rings is 1. The van der Waals surface area contributed by atoms with Gasteiger partial charge >= 0.3 is 6.03 Å². The summed E-state index contributed by atoms with van der Waals surface area (Å²) in [6, 6.07) is 11.2. The molecule has 9 nitrogen and oxygen atoms in total. The Bertz CT molecular complexity index is 1440. The fraction of sp³-hybridized carbons (Fsp3) is 0.280. The number of pyridine rings is 1. The number of hydrogen-bond donors (Lipinski definition) is 2. The molecule has 0 spiro atoms. The van der Waals surface area contributed by atoms with Crippen molar-refractivity contribution in [1.82, 2.24) is 34.7 Å². The fourth-order valence-corrected chi connectivity index (χ4v) is 4.76. The number of benzene rings is 1. The zero-order valence-electron chi connectivity index (χ0n) is 19.7. The number of rotatable bonds is 6. The van der Waals surface area contributed by atoms with Crippen LogP contribution < -0.4 is 10.6 Å². The van der Waals surface area contributed by atoms with Crippen molar-refractivity contribution in [1.29, 1.82) is 0 Å². The first-order valence-electron chi connectivity index (χ1n) is 11.4. The summed E-state index contributed by atoms with van der Waals surface area (Å²) in [6.07, 6.45) is 3.73. The van der Waals surface area contributed by atoms with E-state index in [1.165, 1.54) is 0 Å². The van der Waals surface area contributed by atoms with Crippen LogP contribution in [0.15, 0.2) is 48.8 Å². The Morgan fingerprint density at radius 1 is 1.23 bits per heavy atom. The van der Waals surface area contributed by atoms with Gasteiger partial charge in [0.1, 0.15) is 16.5 Å². The lowest BCUT2D eigenvalue weighted by Crippen LogP contribution is -2.43. The van der Waals surface area contributed by atoms with Crippen LogP contribution in [0.4, 0.5) is 4.79 Å². The predicted molar refractivity (Wildman–Crippen MR) is 134 cm³/mol. The van der Waals surface area contributed by atoms with E-state index in [0.29, 0.717) is 41.7 Å². The van der Waals surface area contributed by atoms with Crippen molar-refractivity contribution in [3.8, 4) is 22.4 Å². The van der Waals surface area contributed by atoms with Crippen LogP contribution in [-0.2, 0) is 7.05 Å². The van der Waals surface area contributed by atoms with Gasteiger partial charge in [-0.25, -0.2) is 9.78 Å². The summed E-state index contributed by atoms with van der Waals surface area (Å²) in [6.45, 7) is 5.50. The molecule has 0 unspecified atom stereocenters. The minimum Gasteiger partial charge on any atom is -0.350 e. The smallest absolute Gasteiger partial charge is 0.317 e. The second kappa shape index (κ2) is 9.07. The molecule has 1 aliphatic rings. The van der Waals surface area contributed by atoms with E-state index in [1.807, 2.05) is 51.4 Å². The lowest BCUT2D eigenvalue weighted by Gasteiger charge is -2.23. The van der Waals surface area contributed by atoms with E-state index in [9.17, 15) is 9.59 Å². The molecule has 1 aliphatic heterocycles. The summed E-state index contributed by atoms with van der Waals surface area (Å²) in [7, 11) is 1.89. The molecule has 180 valence electrons. The maximum Gasteiger partial charge on any atom is 0.317 e. The summed E-state index contributed by atoms with van der Waals surface area (Å²) in [5.41, 5.74) is 5.48. The van der Waals surface area contributed by atoms with Crippen LogP contribution in [0.5, 0.6) is 0 Å². The lowest BCUT2D eigenvalue weighted by atomic mass is 9.99. The molecular weight excluding hydrogens is 466 g/mol. The SMILES string of the molecule is Cc1nn(C)cc1-c1ccccc1-c1nc2cc(C(=O)NC[C@@H](C)N3CCNC3=O)ccn2c1Cl. The molecule has 3 aromatic heterocycles. The van der Waals surface area contributed by atoms with Gasteiger partial charge in [-0.15, -0.1) is 0 Å². The lowest BCUT2D eigenvalue weighted by molar-refractivity contribution is 0.0942. The minimum absolute atomic E-state index is 0.102. The van der Waals surface area contributed by atoms with Crippen LogP contribution in [0.25, 0.3) is 28.0 Å². The maximum absolute atomic E-state index is 12.8. The molecule has 1 saturated heterocycles. The Kier molecular flexibility index (Phi) is 5.94. The first-order chi connectivity index (χ1) is 16.8. The number of amides is 3. The Labute approximate surface area is 207 Å². The van der Waals surface area contributed by atoms with Crippen molar-refractivity contribution in [2.75, 3.05) is 19.6 Å².